The molecule has 0 saturated carbocycles. The lowest BCUT2D eigenvalue weighted by Crippen LogP contribution is -2.50. The summed E-state index contributed by atoms with van der Waals surface area (Å²) >= 11 is 2.31. The average molecular weight is 528 g/mol. The Balaban J connectivity index is 1.96. The van der Waals surface area contributed by atoms with Gasteiger partial charge >= 0.3 is 0 Å². The Kier molecular flexibility index (Phi) is 5.12. The molecule has 2 N–H and O–H groups in total. The second-order valence-corrected chi connectivity index (χ2v) is 10.7. The first-order valence-electron chi connectivity index (χ1n) is 9.21. The quantitative estimate of drug-likeness (QED) is 0.596. The van der Waals surface area contributed by atoms with Gasteiger partial charge in [-0.3, -0.25) is 0 Å². The van der Waals surface area contributed by atoms with Gasteiger partial charge in [-0.1, -0.05) is 18.3 Å². The van der Waals surface area contributed by atoms with E-state index in [1.165, 1.54) is 34.9 Å². The van der Waals surface area contributed by atoms with Gasteiger partial charge in [-0.05, 0) is 70.5 Å². The third-order valence-corrected chi connectivity index (χ3v) is 8.06. The molecule has 0 radical (unpaired) electrons. The van der Waals surface area contributed by atoms with Crippen LogP contribution in [0, 0.1) is 9.39 Å². The zero-order valence-corrected chi connectivity index (χ0v) is 19.5. The van der Waals surface area contributed by atoms with E-state index in [-0.39, 0.29) is 5.82 Å². The van der Waals surface area contributed by atoms with Gasteiger partial charge in [0.15, 0.2) is 0 Å². The molecule has 1 aromatic carbocycles. The minimum atomic E-state index is -3.75. The van der Waals surface area contributed by atoms with Crippen LogP contribution in [0.15, 0.2) is 29.8 Å². The number of hydrogen-bond donors (Lipinski definition) is 2. The predicted octanol–water partition coefficient (Wildman–Crippen LogP) is 1.86. The standard InChI is InChI=1S/C20H22FIN4O2S/c1-11(2)19-18(22)14-10-17-15(9-16(14)23-19)20(12-5-7-13(21)8-6-12)24-26(17)29(27,28)25(3)4/h5-11,17,23-24H,1-4H3. The Bertz CT molecular complexity index is 1230. The Morgan fingerprint density at radius 2 is 1.86 bits per heavy atom. The number of nitrogens with one attached hydrogen (secondary N) is 2. The molecule has 154 valence electrons. The van der Waals surface area contributed by atoms with E-state index >= 15 is 0 Å². The maximum absolute atomic E-state index is 13.4. The van der Waals surface area contributed by atoms with Crippen molar-refractivity contribution in [2.24, 2.45) is 0 Å². The number of fused-ring (bicyclic) bond motifs is 2. The Hall–Kier alpha value is -1.69. The molecule has 0 fully saturated rings. The summed E-state index contributed by atoms with van der Waals surface area (Å²) in [4.78, 5) is 3.48. The zero-order valence-electron chi connectivity index (χ0n) is 16.5. The van der Waals surface area contributed by atoms with Crippen LogP contribution in [0.5, 0.6) is 0 Å². The van der Waals surface area contributed by atoms with Crippen LogP contribution < -0.4 is 16.0 Å². The molecule has 4 rings (SSSR count). The highest BCUT2D eigenvalue weighted by Crippen LogP contribution is 2.33. The zero-order chi connectivity index (χ0) is 21.1. The first-order valence-corrected chi connectivity index (χ1v) is 11.7. The van der Waals surface area contributed by atoms with Crippen molar-refractivity contribution in [3.05, 3.63) is 61.1 Å². The monoisotopic (exact) mass is 528 g/mol. The smallest absolute Gasteiger partial charge is 0.299 e. The van der Waals surface area contributed by atoms with E-state index in [0.29, 0.717) is 11.6 Å². The van der Waals surface area contributed by atoms with E-state index in [2.05, 4.69) is 46.8 Å². The molecule has 0 saturated heterocycles. The summed E-state index contributed by atoms with van der Waals surface area (Å²) in [6.45, 7) is 4.24. The number of halogens is 2. The van der Waals surface area contributed by atoms with Gasteiger partial charge in [-0.15, -0.1) is 0 Å². The van der Waals surface area contributed by atoms with E-state index in [1.54, 1.807) is 12.1 Å². The number of hydrazine groups is 1. The maximum atomic E-state index is 13.4. The summed E-state index contributed by atoms with van der Waals surface area (Å²) in [5, 5.41) is 1.96. The summed E-state index contributed by atoms with van der Waals surface area (Å²) < 4.78 is 42.9. The molecule has 1 unspecified atom stereocenters. The van der Waals surface area contributed by atoms with E-state index in [9.17, 15) is 12.8 Å². The molecule has 2 heterocycles. The fourth-order valence-corrected chi connectivity index (χ4v) is 5.82. The summed E-state index contributed by atoms with van der Waals surface area (Å²) in [6, 6.07) is 5.54. The number of aromatic amines is 1. The van der Waals surface area contributed by atoms with Crippen molar-refractivity contribution < 1.29 is 12.8 Å². The average Bonchev–Trinajstić information content (AvgIpc) is 3.19. The van der Waals surface area contributed by atoms with Gasteiger partial charge in [0.25, 0.3) is 10.2 Å². The molecule has 0 amide bonds. The Labute approximate surface area is 183 Å². The van der Waals surface area contributed by atoms with E-state index in [0.717, 1.165) is 31.0 Å². The number of benzene rings is 1. The molecule has 0 spiro atoms. The minimum Gasteiger partial charge on any atom is -0.357 e. The highest BCUT2D eigenvalue weighted by Gasteiger charge is 2.41. The van der Waals surface area contributed by atoms with Gasteiger partial charge < -0.3 is 10.4 Å². The maximum Gasteiger partial charge on any atom is 0.299 e. The molecule has 1 aromatic heterocycles. The highest BCUT2D eigenvalue weighted by molar-refractivity contribution is 14.1. The molecule has 1 atom stereocenters. The number of nitrogens with zero attached hydrogens (tertiary/aromatic N) is 2. The first-order chi connectivity index (χ1) is 13.6. The van der Waals surface area contributed by atoms with Crippen LogP contribution in [0.25, 0.3) is 17.8 Å². The van der Waals surface area contributed by atoms with Crippen molar-refractivity contribution >= 4 is 50.6 Å². The van der Waals surface area contributed by atoms with Crippen LogP contribution >= 0.6 is 22.6 Å². The summed E-state index contributed by atoms with van der Waals surface area (Å²) in [6.07, 6.45) is 3.96. The Morgan fingerprint density at radius 3 is 2.45 bits per heavy atom. The van der Waals surface area contributed by atoms with Crippen molar-refractivity contribution in [1.82, 2.24) is 19.1 Å². The van der Waals surface area contributed by atoms with Crippen LogP contribution in [0.2, 0.25) is 0 Å². The lowest BCUT2D eigenvalue weighted by Gasteiger charge is -2.26. The SMILES string of the molecule is CC(C)c1[nH]c2c(c1I)=CC1C(=C(c3ccc(F)cc3)NN1S(=O)(=O)N(C)C)C=2. The largest absolute Gasteiger partial charge is 0.357 e. The highest BCUT2D eigenvalue weighted by atomic mass is 127. The molecule has 2 aliphatic rings. The molecular weight excluding hydrogens is 506 g/mol. The number of aromatic nitrogens is 1. The molecule has 2 aromatic rings. The number of rotatable bonds is 4. The molecule has 0 bridgehead atoms. The summed E-state index contributed by atoms with van der Waals surface area (Å²) in [5.74, 6) is -0.0203. The molecule has 9 heteroatoms. The normalized spacial score (nSPS) is 19.1. The molecule has 6 nitrogen and oxygen atoms in total. The third-order valence-electron chi connectivity index (χ3n) is 5.16. The van der Waals surface area contributed by atoms with Crippen molar-refractivity contribution in [1.29, 1.82) is 0 Å². The first kappa shape index (κ1) is 20.6. The van der Waals surface area contributed by atoms with Crippen LogP contribution in [-0.2, 0) is 10.2 Å². The van der Waals surface area contributed by atoms with Crippen molar-refractivity contribution in [3.63, 3.8) is 0 Å². The molecule has 1 aliphatic heterocycles. The number of hydrogen-bond acceptors (Lipinski definition) is 3. The fraction of sp³-hybridized carbons (Fsp3) is 0.300. The molecule has 29 heavy (non-hydrogen) atoms. The van der Waals surface area contributed by atoms with Gasteiger partial charge in [-0.25, -0.2) is 4.39 Å². The van der Waals surface area contributed by atoms with E-state index in [4.69, 9.17) is 0 Å². The second kappa shape index (κ2) is 7.22. The van der Waals surface area contributed by atoms with Crippen molar-refractivity contribution in [3.8, 4) is 0 Å². The van der Waals surface area contributed by atoms with Crippen LogP contribution in [0.1, 0.15) is 31.0 Å². The van der Waals surface area contributed by atoms with Gasteiger partial charge in [0, 0.05) is 39.5 Å². The van der Waals surface area contributed by atoms with Crippen molar-refractivity contribution in [2.45, 2.75) is 25.8 Å². The Morgan fingerprint density at radius 1 is 1.21 bits per heavy atom. The summed E-state index contributed by atoms with van der Waals surface area (Å²) in [5.41, 5.74) is 6.38. The molecule has 1 aliphatic carbocycles. The van der Waals surface area contributed by atoms with Gasteiger partial charge in [0.2, 0.25) is 0 Å². The minimum absolute atomic E-state index is 0.319. The number of H-pyrrole nitrogens is 1. The topological polar surface area (TPSA) is 68.4 Å². The van der Waals surface area contributed by atoms with E-state index < -0.39 is 16.3 Å². The predicted molar refractivity (Wildman–Crippen MR) is 120 cm³/mol. The lowest BCUT2D eigenvalue weighted by atomic mass is 9.98. The molecular formula is C20H22FIN4O2S. The van der Waals surface area contributed by atoms with Crippen molar-refractivity contribution in [2.75, 3.05) is 14.1 Å². The summed E-state index contributed by atoms with van der Waals surface area (Å²) in [7, 11) is -0.742. The van der Waals surface area contributed by atoms with Crippen LogP contribution in [-0.4, -0.2) is 42.3 Å². The van der Waals surface area contributed by atoms with Crippen LogP contribution in [0.3, 0.4) is 0 Å². The van der Waals surface area contributed by atoms with Gasteiger partial charge in [0.05, 0.1) is 11.7 Å². The van der Waals surface area contributed by atoms with Gasteiger partial charge in [0.1, 0.15) is 5.82 Å². The van der Waals surface area contributed by atoms with E-state index in [1.807, 2.05) is 12.2 Å². The fourth-order valence-electron chi connectivity index (χ4n) is 3.58. The van der Waals surface area contributed by atoms with Crippen LogP contribution in [0.4, 0.5) is 4.39 Å². The second-order valence-electron chi connectivity index (χ2n) is 7.63. The third kappa shape index (κ3) is 3.33. The lowest BCUT2D eigenvalue weighted by molar-refractivity contribution is 0.350. The van der Waals surface area contributed by atoms with Gasteiger partial charge in [-0.2, -0.15) is 12.7 Å².